The number of hydrogen-bond donors (Lipinski definition) is 2. The molecule has 0 bridgehead atoms. The second-order valence-electron chi connectivity index (χ2n) is 7.33. The Balaban J connectivity index is 1.36. The van der Waals surface area contributed by atoms with Crippen LogP contribution < -0.4 is 10.6 Å². The molecule has 1 aliphatic rings. The van der Waals surface area contributed by atoms with Crippen molar-refractivity contribution < 1.29 is 23.8 Å². The lowest BCUT2D eigenvalue weighted by Crippen LogP contribution is -2.30. The van der Waals surface area contributed by atoms with E-state index in [1.165, 1.54) is 7.05 Å². The average Bonchev–Trinajstić information content (AvgIpc) is 2.85. The molecule has 0 spiro atoms. The van der Waals surface area contributed by atoms with Crippen molar-refractivity contribution in [2.45, 2.75) is 12.5 Å². The number of rotatable bonds is 11. The molecule has 2 amide bonds. The van der Waals surface area contributed by atoms with Crippen molar-refractivity contribution in [3.63, 3.8) is 0 Å². The van der Waals surface area contributed by atoms with E-state index in [1.807, 2.05) is 36.4 Å². The maximum Gasteiger partial charge on any atom is 0.407 e. The van der Waals surface area contributed by atoms with Crippen LogP contribution >= 0.6 is 21.6 Å². The normalized spacial score (nSPS) is 15.1. The molecular weight excluding hydrogens is 472 g/mol. The number of benzene rings is 2. The zero-order valence-corrected chi connectivity index (χ0v) is 20.8. The van der Waals surface area contributed by atoms with Gasteiger partial charge in [-0.25, -0.2) is 9.59 Å². The van der Waals surface area contributed by atoms with Crippen LogP contribution in [-0.2, 0) is 20.6 Å². The van der Waals surface area contributed by atoms with Crippen LogP contribution in [0, 0.1) is 0 Å². The Morgan fingerprint density at radius 1 is 0.912 bits per heavy atom. The third-order valence-electron chi connectivity index (χ3n) is 5.01. The number of hydrogen-bond acceptors (Lipinski definition) is 7. The van der Waals surface area contributed by atoms with Crippen LogP contribution in [0.25, 0.3) is 12.2 Å². The van der Waals surface area contributed by atoms with Gasteiger partial charge in [0.05, 0.1) is 13.2 Å². The molecule has 2 aromatic carbocycles. The molecule has 0 aromatic heterocycles. The SMILES string of the molecule is CNC(=O)OCCSSCCOCCNC(=O)OC1Cc2ccccc2/C=C\c2ccccc21. The van der Waals surface area contributed by atoms with E-state index in [4.69, 9.17) is 14.2 Å². The molecule has 9 heteroatoms. The van der Waals surface area contributed by atoms with Crippen LogP contribution in [0.1, 0.15) is 28.4 Å². The molecule has 0 aliphatic heterocycles. The van der Waals surface area contributed by atoms with Gasteiger partial charge >= 0.3 is 12.2 Å². The standard InChI is InChI=1S/C25H30N2O5S2/c1-26-24(28)31-15-17-34-33-16-14-30-13-12-27-25(29)32-23-18-21-8-3-2-6-19(21)10-11-20-7-4-5-9-22(20)23/h2-11,23H,12-18H2,1H3,(H,26,28)(H,27,29)/b11-10-. The second-order valence-corrected chi connectivity index (χ2v) is 10.0. The summed E-state index contributed by atoms with van der Waals surface area (Å²) in [6.45, 7) is 1.73. The zero-order chi connectivity index (χ0) is 24.0. The average molecular weight is 503 g/mol. The first-order chi connectivity index (χ1) is 16.7. The fourth-order valence-corrected chi connectivity index (χ4v) is 5.07. The Kier molecular flexibility index (Phi) is 11.2. The van der Waals surface area contributed by atoms with Gasteiger partial charge in [-0.15, -0.1) is 0 Å². The Morgan fingerprint density at radius 2 is 1.62 bits per heavy atom. The Hall–Kier alpha value is -2.62. The molecule has 34 heavy (non-hydrogen) atoms. The van der Waals surface area contributed by atoms with Crippen molar-refractivity contribution in [1.82, 2.24) is 10.6 Å². The van der Waals surface area contributed by atoms with Gasteiger partial charge in [0, 0.05) is 37.1 Å². The first-order valence-corrected chi connectivity index (χ1v) is 13.6. The number of carbonyl (C=O) groups is 2. The van der Waals surface area contributed by atoms with Crippen molar-refractivity contribution in [3.05, 3.63) is 70.8 Å². The molecule has 0 fully saturated rings. The summed E-state index contributed by atoms with van der Waals surface area (Å²) in [7, 11) is 4.81. The minimum Gasteiger partial charge on any atom is -0.449 e. The summed E-state index contributed by atoms with van der Waals surface area (Å²) in [5.74, 6) is 1.52. The number of nitrogens with one attached hydrogen (secondary N) is 2. The molecule has 2 N–H and O–H groups in total. The molecule has 2 aromatic rings. The van der Waals surface area contributed by atoms with Crippen molar-refractivity contribution in [1.29, 1.82) is 0 Å². The molecule has 1 atom stereocenters. The summed E-state index contributed by atoms with van der Waals surface area (Å²) in [5.41, 5.74) is 4.32. The highest BCUT2D eigenvalue weighted by molar-refractivity contribution is 8.76. The van der Waals surface area contributed by atoms with Gasteiger partial charge in [-0.3, -0.25) is 0 Å². The summed E-state index contributed by atoms with van der Waals surface area (Å²) < 4.78 is 16.3. The highest BCUT2D eigenvalue weighted by Crippen LogP contribution is 2.31. The van der Waals surface area contributed by atoms with Crippen molar-refractivity contribution in [2.75, 3.05) is 44.9 Å². The first kappa shape index (κ1) is 26.0. The van der Waals surface area contributed by atoms with E-state index < -0.39 is 12.2 Å². The van der Waals surface area contributed by atoms with Gasteiger partial charge in [0.15, 0.2) is 0 Å². The Labute approximate surface area is 208 Å². The van der Waals surface area contributed by atoms with Crippen LogP contribution in [0.3, 0.4) is 0 Å². The Morgan fingerprint density at radius 3 is 2.44 bits per heavy atom. The number of fused-ring (bicyclic) bond motifs is 2. The lowest BCUT2D eigenvalue weighted by Gasteiger charge is -2.23. The predicted octanol–water partition coefficient (Wildman–Crippen LogP) is 4.93. The third-order valence-corrected chi connectivity index (χ3v) is 7.34. The molecule has 0 radical (unpaired) electrons. The van der Waals surface area contributed by atoms with Gasteiger partial charge in [-0.2, -0.15) is 0 Å². The maximum atomic E-state index is 12.5. The quantitative estimate of drug-likeness (QED) is 0.333. The lowest BCUT2D eigenvalue weighted by molar-refractivity contribution is 0.0918. The van der Waals surface area contributed by atoms with E-state index in [0.717, 1.165) is 33.8 Å². The molecule has 0 heterocycles. The fourth-order valence-electron chi connectivity index (χ4n) is 3.38. The predicted molar refractivity (Wildman–Crippen MR) is 139 cm³/mol. The Bertz CT molecular complexity index is 970. The summed E-state index contributed by atoms with van der Waals surface area (Å²) in [5, 5.41) is 5.19. The van der Waals surface area contributed by atoms with Crippen LogP contribution in [0.2, 0.25) is 0 Å². The highest BCUT2D eigenvalue weighted by Gasteiger charge is 2.22. The lowest BCUT2D eigenvalue weighted by atomic mass is 9.91. The van der Waals surface area contributed by atoms with Crippen LogP contribution in [-0.4, -0.2) is 57.1 Å². The number of carbonyl (C=O) groups excluding carboxylic acids is 2. The van der Waals surface area contributed by atoms with Crippen LogP contribution in [0.15, 0.2) is 48.5 Å². The number of amides is 2. The minimum atomic E-state index is -0.452. The third kappa shape index (κ3) is 8.62. The summed E-state index contributed by atoms with van der Waals surface area (Å²) in [4.78, 5) is 23.4. The van der Waals surface area contributed by atoms with E-state index in [9.17, 15) is 9.59 Å². The molecular formula is C25H30N2O5S2. The van der Waals surface area contributed by atoms with Gasteiger partial charge in [0.2, 0.25) is 0 Å². The highest BCUT2D eigenvalue weighted by atomic mass is 33.1. The first-order valence-electron chi connectivity index (χ1n) is 11.1. The van der Waals surface area contributed by atoms with Gasteiger partial charge in [0.1, 0.15) is 12.7 Å². The zero-order valence-electron chi connectivity index (χ0n) is 19.2. The van der Waals surface area contributed by atoms with Crippen LogP contribution in [0.4, 0.5) is 9.59 Å². The van der Waals surface area contributed by atoms with E-state index in [-0.39, 0.29) is 6.10 Å². The van der Waals surface area contributed by atoms with Crippen molar-refractivity contribution in [2.24, 2.45) is 0 Å². The second kappa shape index (κ2) is 14.6. The topological polar surface area (TPSA) is 85.9 Å². The monoisotopic (exact) mass is 502 g/mol. The smallest absolute Gasteiger partial charge is 0.407 e. The molecule has 1 unspecified atom stereocenters. The van der Waals surface area contributed by atoms with E-state index in [1.54, 1.807) is 21.6 Å². The van der Waals surface area contributed by atoms with E-state index in [2.05, 4.69) is 34.9 Å². The van der Waals surface area contributed by atoms with Crippen molar-refractivity contribution >= 4 is 45.9 Å². The van der Waals surface area contributed by atoms with E-state index in [0.29, 0.717) is 32.8 Å². The molecule has 1 aliphatic carbocycles. The molecule has 182 valence electrons. The van der Waals surface area contributed by atoms with Crippen LogP contribution in [0.5, 0.6) is 0 Å². The number of ether oxygens (including phenoxy) is 3. The summed E-state index contributed by atoms with van der Waals surface area (Å²) in [6, 6.07) is 16.2. The molecule has 0 saturated carbocycles. The largest absolute Gasteiger partial charge is 0.449 e. The number of alkyl carbamates (subject to hydrolysis) is 2. The van der Waals surface area contributed by atoms with Gasteiger partial charge in [0.25, 0.3) is 0 Å². The van der Waals surface area contributed by atoms with Crippen molar-refractivity contribution in [3.8, 4) is 0 Å². The fraction of sp³-hybridized carbons (Fsp3) is 0.360. The summed E-state index contributed by atoms with van der Waals surface area (Å²) >= 11 is 0. The minimum absolute atomic E-state index is 0.371. The van der Waals surface area contributed by atoms with Gasteiger partial charge < -0.3 is 24.8 Å². The van der Waals surface area contributed by atoms with Gasteiger partial charge in [-0.1, -0.05) is 82.3 Å². The molecule has 7 nitrogen and oxygen atoms in total. The van der Waals surface area contributed by atoms with Gasteiger partial charge in [-0.05, 0) is 16.7 Å². The molecule has 3 rings (SSSR count). The maximum absolute atomic E-state index is 12.5. The van der Waals surface area contributed by atoms with E-state index >= 15 is 0 Å². The molecule has 0 saturated heterocycles. The summed E-state index contributed by atoms with van der Waals surface area (Å²) in [6.07, 6.45) is 3.55.